The molecule has 0 unspecified atom stereocenters. The number of urea groups is 1. The first kappa shape index (κ1) is 16.3. The maximum Gasteiger partial charge on any atom is 0.315 e. The fourth-order valence-corrected chi connectivity index (χ4v) is 2.62. The summed E-state index contributed by atoms with van der Waals surface area (Å²) in [5, 5.41) is 6.54. The lowest BCUT2D eigenvalue weighted by atomic mass is 10.2. The van der Waals surface area contributed by atoms with Gasteiger partial charge in [0.1, 0.15) is 10.8 Å². The van der Waals surface area contributed by atoms with Crippen LogP contribution in [0.25, 0.3) is 0 Å². The summed E-state index contributed by atoms with van der Waals surface area (Å²) in [5.74, 6) is 0.799. The Bertz CT molecular complexity index is 625. The van der Waals surface area contributed by atoms with E-state index >= 15 is 0 Å². The van der Waals surface area contributed by atoms with Crippen LogP contribution in [0, 0.1) is 6.92 Å². The number of amides is 2. The molecule has 0 aliphatic rings. The number of benzene rings is 1. The Morgan fingerprint density at radius 1 is 1.27 bits per heavy atom. The third-order valence-electron chi connectivity index (χ3n) is 2.84. The molecule has 5 nitrogen and oxygen atoms in total. The van der Waals surface area contributed by atoms with E-state index in [2.05, 4.69) is 15.6 Å². The van der Waals surface area contributed by atoms with E-state index in [0.29, 0.717) is 13.1 Å². The SMILES string of the molecule is Cc1cnc(CNC(=O)NCc2ccccc2OC(C)C)s1. The predicted octanol–water partition coefficient (Wildman–Crippen LogP) is 3.24. The topological polar surface area (TPSA) is 63.2 Å². The zero-order valence-electron chi connectivity index (χ0n) is 13.1. The highest BCUT2D eigenvalue weighted by molar-refractivity contribution is 7.11. The number of thiazole rings is 1. The minimum atomic E-state index is -0.216. The Balaban J connectivity index is 1.83. The lowest BCUT2D eigenvalue weighted by Crippen LogP contribution is -2.34. The number of para-hydroxylation sites is 1. The van der Waals surface area contributed by atoms with Crippen molar-refractivity contribution in [1.82, 2.24) is 15.6 Å². The zero-order chi connectivity index (χ0) is 15.9. The minimum Gasteiger partial charge on any atom is -0.491 e. The molecule has 2 rings (SSSR count). The second kappa shape index (κ2) is 7.79. The van der Waals surface area contributed by atoms with Gasteiger partial charge in [-0.15, -0.1) is 11.3 Å². The van der Waals surface area contributed by atoms with Gasteiger partial charge in [-0.1, -0.05) is 18.2 Å². The summed E-state index contributed by atoms with van der Waals surface area (Å²) in [6, 6.07) is 7.49. The van der Waals surface area contributed by atoms with E-state index in [4.69, 9.17) is 4.74 Å². The molecule has 2 aromatic rings. The number of aryl methyl sites for hydroxylation is 1. The molecule has 2 N–H and O–H groups in total. The lowest BCUT2D eigenvalue weighted by Gasteiger charge is -2.14. The van der Waals surface area contributed by atoms with Crippen molar-refractivity contribution in [3.05, 3.63) is 45.9 Å². The highest BCUT2D eigenvalue weighted by Gasteiger charge is 2.07. The molecule has 0 radical (unpaired) electrons. The summed E-state index contributed by atoms with van der Waals surface area (Å²) in [6.07, 6.45) is 1.90. The number of hydrogen-bond acceptors (Lipinski definition) is 4. The normalized spacial score (nSPS) is 10.5. The van der Waals surface area contributed by atoms with Crippen molar-refractivity contribution in [2.45, 2.75) is 40.0 Å². The quantitative estimate of drug-likeness (QED) is 0.859. The minimum absolute atomic E-state index is 0.100. The van der Waals surface area contributed by atoms with Gasteiger partial charge in [0.05, 0.1) is 12.6 Å². The van der Waals surface area contributed by atoms with E-state index in [9.17, 15) is 4.79 Å². The highest BCUT2D eigenvalue weighted by atomic mass is 32.1. The first-order chi connectivity index (χ1) is 10.5. The van der Waals surface area contributed by atoms with Crippen LogP contribution in [-0.2, 0) is 13.1 Å². The summed E-state index contributed by atoms with van der Waals surface area (Å²) in [5.41, 5.74) is 0.955. The van der Waals surface area contributed by atoms with E-state index in [1.54, 1.807) is 17.5 Å². The van der Waals surface area contributed by atoms with Gasteiger partial charge in [0, 0.05) is 23.2 Å². The Labute approximate surface area is 134 Å². The van der Waals surface area contributed by atoms with Crippen molar-refractivity contribution in [3.8, 4) is 5.75 Å². The van der Waals surface area contributed by atoms with E-state index in [1.807, 2.05) is 45.0 Å². The second-order valence-electron chi connectivity index (χ2n) is 5.18. The van der Waals surface area contributed by atoms with E-state index < -0.39 is 0 Å². The van der Waals surface area contributed by atoms with E-state index in [-0.39, 0.29) is 12.1 Å². The number of carbonyl (C=O) groups excluding carboxylic acids is 1. The largest absolute Gasteiger partial charge is 0.491 e. The summed E-state index contributed by atoms with van der Waals surface area (Å²) in [6.45, 7) is 6.81. The second-order valence-corrected chi connectivity index (χ2v) is 6.49. The first-order valence-corrected chi connectivity index (χ1v) is 8.04. The van der Waals surface area contributed by atoms with Crippen molar-refractivity contribution in [2.75, 3.05) is 0 Å². The molecule has 6 heteroatoms. The number of nitrogens with zero attached hydrogens (tertiary/aromatic N) is 1. The average Bonchev–Trinajstić information content (AvgIpc) is 2.89. The highest BCUT2D eigenvalue weighted by Crippen LogP contribution is 2.19. The number of aromatic nitrogens is 1. The number of ether oxygens (including phenoxy) is 1. The molecule has 0 bridgehead atoms. The Kier molecular flexibility index (Phi) is 5.77. The van der Waals surface area contributed by atoms with Crippen LogP contribution in [0.2, 0.25) is 0 Å². The fraction of sp³-hybridized carbons (Fsp3) is 0.375. The van der Waals surface area contributed by atoms with Crippen LogP contribution < -0.4 is 15.4 Å². The third-order valence-corrected chi connectivity index (χ3v) is 3.76. The van der Waals surface area contributed by atoms with Crippen molar-refractivity contribution >= 4 is 17.4 Å². The van der Waals surface area contributed by atoms with Crippen LogP contribution in [0.5, 0.6) is 5.75 Å². The lowest BCUT2D eigenvalue weighted by molar-refractivity contribution is 0.235. The molecule has 0 spiro atoms. The van der Waals surface area contributed by atoms with Gasteiger partial charge in [-0.25, -0.2) is 9.78 Å². The molecule has 1 aromatic heterocycles. The summed E-state index contributed by atoms with van der Waals surface area (Å²) < 4.78 is 5.73. The summed E-state index contributed by atoms with van der Waals surface area (Å²) >= 11 is 1.58. The number of carbonyl (C=O) groups is 1. The molecule has 1 aromatic carbocycles. The maximum atomic E-state index is 11.8. The molecular formula is C16H21N3O2S. The predicted molar refractivity (Wildman–Crippen MR) is 88.1 cm³/mol. The third kappa shape index (κ3) is 5.04. The molecule has 0 aliphatic carbocycles. The Hall–Kier alpha value is -2.08. The summed E-state index contributed by atoms with van der Waals surface area (Å²) in [4.78, 5) is 17.2. The van der Waals surface area contributed by atoms with Gasteiger partial charge in [-0.2, -0.15) is 0 Å². The van der Waals surface area contributed by atoms with Crippen molar-refractivity contribution < 1.29 is 9.53 Å². The monoisotopic (exact) mass is 319 g/mol. The van der Waals surface area contributed by atoms with Crippen molar-refractivity contribution in [3.63, 3.8) is 0 Å². The molecule has 0 saturated heterocycles. The molecule has 1 heterocycles. The number of rotatable bonds is 6. The molecule has 0 saturated carbocycles. The van der Waals surface area contributed by atoms with Crippen LogP contribution in [0.1, 0.15) is 29.3 Å². The molecule has 0 aliphatic heterocycles. The Morgan fingerprint density at radius 2 is 2.00 bits per heavy atom. The molecule has 22 heavy (non-hydrogen) atoms. The van der Waals surface area contributed by atoms with E-state index in [1.165, 1.54) is 0 Å². The van der Waals surface area contributed by atoms with Gasteiger partial charge in [-0.3, -0.25) is 0 Å². The molecule has 0 fully saturated rings. The Morgan fingerprint density at radius 3 is 2.68 bits per heavy atom. The van der Waals surface area contributed by atoms with Crippen LogP contribution in [0.4, 0.5) is 4.79 Å². The standard InChI is InChI=1S/C16H21N3O2S/c1-11(2)21-14-7-5-4-6-13(14)9-18-16(20)19-10-15-17-8-12(3)22-15/h4-8,11H,9-10H2,1-3H3,(H2,18,19,20). The first-order valence-electron chi connectivity index (χ1n) is 7.22. The zero-order valence-corrected chi connectivity index (χ0v) is 13.9. The van der Waals surface area contributed by atoms with Crippen LogP contribution in [-0.4, -0.2) is 17.1 Å². The van der Waals surface area contributed by atoms with Gasteiger partial charge in [0.2, 0.25) is 0 Å². The van der Waals surface area contributed by atoms with Crippen LogP contribution in [0.15, 0.2) is 30.5 Å². The fourth-order valence-electron chi connectivity index (χ4n) is 1.90. The van der Waals surface area contributed by atoms with E-state index in [0.717, 1.165) is 21.2 Å². The van der Waals surface area contributed by atoms with Gasteiger partial charge in [-0.05, 0) is 26.8 Å². The van der Waals surface area contributed by atoms with Crippen molar-refractivity contribution in [1.29, 1.82) is 0 Å². The van der Waals surface area contributed by atoms with Crippen molar-refractivity contribution in [2.24, 2.45) is 0 Å². The average molecular weight is 319 g/mol. The molecule has 2 amide bonds. The molecular weight excluding hydrogens is 298 g/mol. The van der Waals surface area contributed by atoms with Crippen LogP contribution in [0.3, 0.4) is 0 Å². The van der Waals surface area contributed by atoms with Gasteiger partial charge < -0.3 is 15.4 Å². The molecule has 118 valence electrons. The molecule has 0 atom stereocenters. The van der Waals surface area contributed by atoms with Crippen LogP contribution >= 0.6 is 11.3 Å². The number of nitrogens with one attached hydrogen (secondary N) is 2. The maximum absolute atomic E-state index is 11.8. The smallest absolute Gasteiger partial charge is 0.315 e. The summed E-state index contributed by atoms with van der Waals surface area (Å²) in [7, 11) is 0. The van der Waals surface area contributed by atoms with Gasteiger partial charge in [0.15, 0.2) is 0 Å². The van der Waals surface area contributed by atoms with Gasteiger partial charge in [0.25, 0.3) is 0 Å². The van der Waals surface area contributed by atoms with Gasteiger partial charge >= 0.3 is 6.03 Å². The number of hydrogen-bond donors (Lipinski definition) is 2.